The first-order valence-electron chi connectivity index (χ1n) is 6.35. The monoisotopic (exact) mass is 271 g/mol. The Bertz CT molecular complexity index is 681. The van der Waals surface area contributed by atoms with E-state index in [2.05, 4.69) is 10.3 Å². The number of hydrogen-bond acceptors (Lipinski definition) is 3. The maximum Gasteiger partial charge on any atom is 0.253 e. The highest BCUT2D eigenvalue weighted by Crippen LogP contribution is 2.21. The minimum Gasteiger partial charge on any atom is -0.324 e. The van der Waals surface area contributed by atoms with Crippen LogP contribution in [0.5, 0.6) is 0 Å². The minimum absolute atomic E-state index is 0.0422. The molecule has 0 aliphatic carbocycles. The molecule has 0 aliphatic heterocycles. The molecular formula is C15H17N3O2. The molecule has 104 valence electrons. The van der Waals surface area contributed by atoms with Gasteiger partial charge in [-0.25, -0.2) is 4.98 Å². The average Bonchev–Trinajstić information content (AvgIpc) is 2.36. The van der Waals surface area contributed by atoms with Crippen molar-refractivity contribution in [3.05, 3.63) is 57.8 Å². The van der Waals surface area contributed by atoms with E-state index < -0.39 is 0 Å². The minimum atomic E-state index is -0.243. The third-order valence-electron chi connectivity index (χ3n) is 3.05. The van der Waals surface area contributed by atoms with Crippen molar-refractivity contribution in [3.63, 3.8) is 0 Å². The van der Waals surface area contributed by atoms with Gasteiger partial charge in [0.05, 0.1) is 6.33 Å². The first-order valence-corrected chi connectivity index (χ1v) is 6.35. The second kappa shape index (κ2) is 5.69. The van der Waals surface area contributed by atoms with Crippen LogP contribution in [0, 0.1) is 20.8 Å². The lowest BCUT2D eigenvalue weighted by molar-refractivity contribution is -0.116. The molecule has 0 spiro atoms. The molecule has 0 unspecified atom stereocenters. The van der Waals surface area contributed by atoms with E-state index in [1.807, 2.05) is 32.9 Å². The predicted molar refractivity (Wildman–Crippen MR) is 77.8 cm³/mol. The van der Waals surface area contributed by atoms with E-state index >= 15 is 0 Å². The molecule has 1 amide bonds. The molecule has 2 rings (SSSR count). The van der Waals surface area contributed by atoms with E-state index in [4.69, 9.17) is 0 Å². The van der Waals surface area contributed by atoms with Gasteiger partial charge in [-0.05, 0) is 31.9 Å². The van der Waals surface area contributed by atoms with Crippen molar-refractivity contribution in [1.82, 2.24) is 9.55 Å². The fourth-order valence-corrected chi connectivity index (χ4v) is 2.21. The van der Waals surface area contributed by atoms with Crippen LogP contribution in [-0.4, -0.2) is 15.5 Å². The number of rotatable bonds is 3. The van der Waals surface area contributed by atoms with E-state index in [0.717, 1.165) is 22.4 Å². The largest absolute Gasteiger partial charge is 0.324 e. The van der Waals surface area contributed by atoms with Gasteiger partial charge in [0.2, 0.25) is 5.91 Å². The molecule has 20 heavy (non-hydrogen) atoms. The number of nitrogens with one attached hydrogen (secondary N) is 1. The normalized spacial score (nSPS) is 10.3. The molecule has 1 aromatic carbocycles. The van der Waals surface area contributed by atoms with E-state index in [1.165, 1.54) is 23.2 Å². The first-order chi connectivity index (χ1) is 9.47. The Labute approximate surface area is 117 Å². The summed E-state index contributed by atoms with van der Waals surface area (Å²) in [4.78, 5) is 27.4. The molecule has 0 saturated heterocycles. The second-order valence-corrected chi connectivity index (χ2v) is 4.87. The molecule has 0 fully saturated rings. The molecule has 0 bridgehead atoms. The van der Waals surface area contributed by atoms with Crippen LogP contribution in [0.25, 0.3) is 0 Å². The molecule has 0 saturated carbocycles. The van der Waals surface area contributed by atoms with Crippen LogP contribution in [0.1, 0.15) is 16.7 Å². The van der Waals surface area contributed by atoms with Crippen molar-refractivity contribution in [1.29, 1.82) is 0 Å². The van der Waals surface area contributed by atoms with Crippen molar-refractivity contribution in [2.24, 2.45) is 0 Å². The number of hydrogen-bond donors (Lipinski definition) is 1. The molecular weight excluding hydrogens is 254 g/mol. The molecule has 1 heterocycles. The third kappa shape index (κ3) is 3.12. The number of nitrogens with zero attached hydrogens (tertiary/aromatic N) is 2. The number of benzene rings is 1. The molecule has 1 aromatic heterocycles. The van der Waals surface area contributed by atoms with Gasteiger partial charge in [-0.2, -0.15) is 0 Å². The smallest absolute Gasteiger partial charge is 0.253 e. The van der Waals surface area contributed by atoms with E-state index in [-0.39, 0.29) is 18.0 Å². The summed E-state index contributed by atoms with van der Waals surface area (Å²) in [6.45, 7) is 5.87. The van der Waals surface area contributed by atoms with Crippen LogP contribution in [0.3, 0.4) is 0 Å². The van der Waals surface area contributed by atoms with Crippen LogP contribution in [0.4, 0.5) is 5.69 Å². The lowest BCUT2D eigenvalue weighted by atomic mass is 10.1. The average molecular weight is 271 g/mol. The van der Waals surface area contributed by atoms with Crippen molar-refractivity contribution in [2.75, 3.05) is 5.32 Å². The number of carbonyl (C=O) groups is 1. The SMILES string of the molecule is Cc1cc(C)c(NC(=O)Cn2cnccc2=O)c(C)c1. The summed E-state index contributed by atoms with van der Waals surface area (Å²) in [5, 5.41) is 2.85. The van der Waals surface area contributed by atoms with Crippen LogP contribution >= 0.6 is 0 Å². The highest BCUT2D eigenvalue weighted by Gasteiger charge is 2.09. The lowest BCUT2D eigenvalue weighted by Crippen LogP contribution is -2.27. The van der Waals surface area contributed by atoms with Gasteiger partial charge in [-0.1, -0.05) is 17.7 Å². The zero-order valence-electron chi connectivity index (χ0n) is 11.8. The van der Waals surface area contributed by atoms with Gasteiger partial charge in [0.1, 0.15) is 6.54 Å². The van der Waals surface area contributed by atoms with Gasteiger partial charge in [-0.15, -0.1) is 0 Å². The summed E-state index contributed by atoms with van der Waals surface area (Å²) < 4.78 is 1.27. The molecule has 0 aliphatic rings. The Morgan fingerprint density at radius 2 is 1.90 bits per heavy atom. The Morgan fingerprint density at radius 3 is 2.50 bits per heavy atom. The van der Waals surface area contributed by atoms with Crippen molar-refractivity contribution >= 4 is 11.6 Å². The Morgan fingerprint density at radius 1 is 1.25 bits per heavy atom. The first kappa shape index (κ1) is 14.0. The second-order valence-electron chi connectivity index (χ2n) is 4.87. The lowest BCUT2D eigenvalue weighted by Gasteiger charge is -2.13. The fraction of sp³-hybridized carbons (Fsp3) is 0.267. The third-order valence-corrected chi connectivity index (χ3v) is 3.05. The van der Waals surface area contributed by atoms with Gasteiger partial charge < -0.3 is 5.32 Å². The van der Waals surface area contributed by atoms with Gasteiger partial charge in [0.25, 0.3) is 5.56 Å². The summed E-state index contributed by atoms with van der Waals surface area (Å²) in [6, 6.07) is 5.35. The number of amides is 1. The topological polar surface area (TPSA) is 64.0 Å². The zero-order valence-corrected chi connectivity index (χ0v) is 11.8. The summed E-state index contributed by atoms with van der Waals surface area (Å²) in [5.74, 6) is -0.241. The fourth-order valence-electron chi connectivity index (χ4n) is 2.21. The van der Waals surface area contributed by atoms with Crippen molar-refractivity contribution in [2.45, 2.75) is 27.3 Å². The quantitative estimate of drug-likeness (QED) is 0.926. The zero-order chi connectivity index (χ0) is 14.7. The molecule has 5 heteroatoms. The predicted octanol–water partition coefficient (Wildman–Crippen LogP) is 1.81. The number of anilines is 1. The highest BCUT2D eigenvalue weighted by molar-refractivity contribution is 5.92. The van der Waals surface area contributed by atoms with E-state index in [1.54, 1.807) is 0 Å². The number of aryl methyl sites for hydroxylation is 3. The van der Waals surface area contributed by atoms with Crippen LogP contribution in [0.15, 0.2) is 35.5 Å². The van der Waals surface area contributed by atoms with Gasteiger partial charge >= 0.3 is 0 Å². The van der Waals surface area contributed by atoms with Gasteiger partial charge in [0, 0.05) is 18.0 Å². The van der Waals surface area contributed by atoms with Crippen molar-refractivity contribution in [3.8, 4) is 0 Å². The van der Waals surface area contributed by atoms with E-state index in [9.17, 15) is 9.59 Å². The molecule has 5 nitrogen and oxygen atoms in total. The van der Waals surface area contributed by atoms with Crippen molar-refractivity contribution < 1.29 is 4.79 Å². The molecule has 1 N–H and O–H groups in total. The maximum atomic E-state index is 12.0. The Hall–Kier alpha value is -2.43. The summed E-state index contributed by atoms with van der Waals surface area (Å²) >= 11 is 0. The van der Waals surface area contributed by atoms with Crippen LogP contribution < -0.4 is 10.9 Å². The van der Waals surface area contributed by atoms with Crippen LogP contribution in [-0.2, 0) is 11.3 Å². The summed E-state index contributed by atoms with van der Waals surface area (Å²) in [5.41, 5.74) is 3.73. The highest BCUT2D eigenvalue weighted by atomic mass is 16.2. The number of aromatic nitrogens is 2. The maximum absolute atomic E-state index is 12.0. The molecule has 0 atom stereocenters. The van der Waals surface area contributed by atoms with E-state index in [0.29, 0.717) is 0 Å². The standard InChI is InChI=1S/C15H17N3O2/c1-10-6-11(2)15(12(3)7-10)17-13(19)8-18-9-16-5-4-14(18)20/h4-7,9H,8H2,1-3H3,(H,17,19). The van der Waals surface area contributed by atoms with Gasteiger partial charge in [-0.3, -0.25) is 14.2 Å². The van der Waals surface area contributed by atoms with Gasteiger partial charge in [0.15, 0.2) is 0 Å². The Balaban J connectivity index is 2.17. The molecule has 0 radical (unpaired) electrons. The Kier molecular flexibility index (Phi) is 3.98. The number of carbonyl (C=O) groups excluding carboxylic acids is 1. The van der Waals surface area contributed by atoms with Crippen LogP contribution in [0.2, 0.25) is 0 Å². The summed E-state index contributed by atoms with van der Waals surface area (Å²) in [6.07, 6.45) is 2.77. The summed E-state index contributed by atoms with van der Waals surface area (Å²) in [7, 11) is 0. The molecule has 2 aromatic rings.